The summed E-state index contributed by atoms with van der Waals surface area (Å²) >= 11 is 0. The number of carboxylic acids is 1. The maximum absolute atomic E-state index is 11.2. The third-order valence-corrected chi connectivity index (χ3v) is 3.01. The number of ether oxygens (including phenoxy) is 4. The Kier molecular flexibility index (Phi) is 6.65. The van der Waals surface area contributed by atoms with E-state index < -0.39 is 12.1 Å². The van der Waals surface area contributed by atoms with Crippen molar-refractivity contribution in [3.63, 3.8) is 0 Å². The van der Waals surface area contributed by atoms with Crippen LogP contribution in [0.3, 0.4) is 0 Å². The summed E-state index contributed by atoms with van der Waals surface area (Å²) in [4.78, 5) is 11.2. The van der Waals surface area contributed by atoms with Gasteiger partial charge in [-0.15, -0.1) is 0 Å². The van der Waals surface area contributed by atoms with Crippen LogP contribution in [-0.2, 0) is 4.79 Å². The molecule has 0 heterocycles. The van der Waals surface area contributed by atoms with Crippen molar-refractivity contribution < 1.29 is 28.8 Å². The van der Waals surface area contributed by atoms with Crippen molar-refractivity contribution in [3.8, 4) is 23.0 Å². The molecule has 118 valence electrons. The third kappa shape index (κ3) is 4.44. The maximum Gasteiger partial charge on any atom is 0.344 e. The number of carboxylic acid groups (broad SMARTS) is 1. The molecule has 0 saturated carbocycles. The third-order valence-electron chi connectivity index (χ3n) is 3.01. The minimum atomic E-state index is -0.989. The number of hydrogen-bond donors (Lipinski definition) is 1. The van der Waals surface area contributed by atoms with Gasteiger partial charge in [0.25, 0.3) is 0 Å². The van der Waals surface area contributed by atoms with E-state index in [0.29, 0.717) is 29.4 Å². The van der Waals surface area contributed by atoms with Crippen molar-refractivity contribution in [1.29, 1.82) is 0 Å². The predicted molar refractivity (Wildman–Crippen MR) is 77.7 cm³/mol. The number of methoxy groups -OCH3 is 3. The van der Waals surface area contributed by atoms with E-state index in [4.69, 9.17) is 18.9 Å². The van der Waals surface area contributed by atoms with Crippen LogP contribution in [0.1, 0.15) is 26.2 Å². The lowest BCUT2D eigenvalue weighted by Crippen LogP contribution is -2.26. The highest BCUT2D eigenvalue weighted by molar-refractivity contribution is 5.72. The number of benzene rings is 1. The first-order valence-corrected chi connectivity index (χ1v) is 6.76. The van der Waals surface area contributed by atoms with Gasteiger partial charge < -0.3 is 24.1 Å². The van der Waals surface area contributed by atoms with E-state index in [2.05, 4.69) is 0 Å². The molecule has 6 nitrogen and oxygen atoms in total. The fourth-order valence-electron chi connectivity index (χ4n) is 1.91. The zero-order valence-corrected chi connectivity index (χ0v) is 12.8. The van der Waals surface area contributed by atoms with Gasteiger partial charge in [0.05, 0.1) is 21.3 Å². The maximum atomic E-state index is 11.2. The standard InChI is InChI=1S/C15H22O6/c1-5-6-7-11(15(16)17)21-10-8-12(18-2)14(20-4)13(9-10)19-3/h8-9,11H,5-7H2,1-4H3,(H,16,17). The Labute approximate surface area is 124 Å². The van der Waals surface area contributed by atoms with E-state index in [9.17, 15) is 9.90 Å². The van der Waals surface area contributed by atoms with Gasteiger partial charge in [0, 0.05) is 12.1 Å². The summed E-state index contributed by atoms with van der Waals surface area (Å²) < 4.78 is 21.2. The lowest BCUT2D eigenvalue weighted by atomic mass is 10.1. The first kappa shape index (κ1) is 16.9. The molecule has 6 heteroatoms. The van der Waals surface area contributed by atoms with Gasteiger partial charge >= 0.3 is 5.97 Å². The zero-order chi connectivity index (χ0) is 15.8. The number of hydrogen-bond acceptors (Lipinski definition) is 5. The van der Waals surface area contributed by atoms with Crippen molar-refractivity contribution in [3.05, 3.63) is 12.1 Å². The first-order valence-electron chi connectivity index (χ1n) is 6.76. The molecule has 0 aromatic heterocycles. The van der Waals surface area contributed by atoms with Crippen molar-refractivity contribution in [1.82, 2.24) is 0 Å². The number of aliphatic carboxylic acids is 1. The smallest absolute Gasteiger partial charge is 0.344 e. The minimum absolute atomic E-state index is 0.369. The van der Waals surface area contributed by atoms with Crippen LogP contribution in [0, 0.1) is 0 Å². The van der Waals surface area contributed by atoms with Crippen LogP contribution >= 0.6 is 0 Å². The Morgan fingerprint density at radius 1 is 1.14 bits per heavy atom. The summed E-state index contributed by atoms with van der Waals surface area (Å²) in [7, 11) is 4.49. The normalized spacial score (nSPS) is 11.6. The summed E-state index contributed by atoms with van der Waals surface area (Å²) in [5.74, 6) is 0.663. The Bertz CT molecular complexity index is 446. The highest BCUT2D eigenvalue weighted by Crippen LogP contribution is 2.41. The zero-order valence-electron chi connectivity index (χ0n) is 12.8. The molecule has 0 radical (unpaired) electrons. The number of carbonyl (C=O) groups is 1. The highest BCUT2D eigenvalue weighted by atomic mass is 16.5. The van der Waals surface area contributed by atoms with Crippen LogP contribution in [0.5, 0.6) is 23.0 Å². The second-order valence-electron chi connectivity index (χ2n) is 4.45. The molecule has 1 rings (SSSR count). The van der Waals surface area contributed by atoms with Crippen molar-refractivity contribution in [2.75, 3.05) is 21.3 Å². The van der Waals surface area contributed by atoms with E-state index in [-0.39, 0.29) is 0 Å². The lowest BCUT2D eigenvalue weighted by molar-refractivity contribution is -0.145. The van der Waals surface area contributed by atoms with Gasteiger partial charge in [0.1, 0.15) is 5.75 Å². The first-order chi connectivity index (χ1) is 10.1. The molecule has 0 amide bonds. The van der Waals surface area contributed by atoms with Gasteiger partial charge in [0.15, 0.2) is 17.6 Å². The summed E-state index contributed by atoms with van der Waals surface area (Å²) in [6.45, 7) is 2.00. The molecular weight excluding hydrogens is 276 g/mol. The SMILES string of the molecule is CCCCC(Oc1cc(OC)c(OC)c(OC)c1)C(=O)O. The van der Waals surface area contributed by atoms with E-state index in [0.717, 1.165) is 12.8 Å². The fourth-order valence-corrected chi connectivity index (χ4v) is 1.91. The highest BCUT2D eigenvalue weighted by Gasteiger charge is 2.21. The number of unbranched alkanes of at least 4 members (excludes halogenated alkanes) is 1. The van der Waals surface area contributed by atoms with Gasteiger partial charge in [0.2, 0.25) is 5.75 Å². The van der Waals surface area contributed by atoms with Gasteiger partial charge in [-0.1, -0.05) is 13.3 Å². The monoisotopic (exact) mass is 298 g/mol. The Hall–Kier alpha value is -2.11. The molecule has 0 bridgehead atoms. The molecule has 21 heavy (non-hydrogen) atoms. The van der Waals surface area contributed by atoms with Gasteiger partial charge in [-0.25, -0.2) is 4.79 Å². The molecule has 0 aliphatic rings. The molecule has 1 aromatic rings. The quantitative estimate of drug-likeness (QED) is 0.755. The van der Waals surface area contributed by atoms with Gasteiger partial charge in [-0.3, -0.25) is 0 Å². The summed E-state index contributed by atoms with van der Waals surface area (Å²) in [6, 6.07) is 3.17. The van der Waals surface area contributed by atoms with Crippen LogP contribution in [0.15, 0.2) is 12.1 Å². The summed E-state index contributed by atoms with van der Waals surface area (Å²) in [6.07, 6.45) is 1.24. The molecule has 0 aliphatic carbocycles. The van der Waals surface area contributed by atoms with E-state index >= 15 is 0 Å². The summed E-state index contributed by atoms with van der Waals surface area (Å²) in [5.41, 5.74) is 0. The Balaban J connectivity index is 3.03. The second-order valence-corrected chi connectivity index (χ2v) is 4.45. The van der Waals surface area contributed by atoms with Crippen LogP contribution in [0.4, 0.5) is 0 Å². The molecule has 1 atom stereocenters. The fraction of sp³-hybridized carbons (Fsp3) is 0.533. The van der Waals surface area contributed by atoms with E-state index in [1.807, 2.05) is 6.92 Å². The average Bonchev–Trinajstić information content (AvgIpc) is 2.49. The molecule has 0 saturated heterocycles. The molecule has 0 fully saturated rings. The van der Waals surface area contributed by atoms with Crippen molar-refractivity contribution in [2.45, 2.75) is 32.3 Å². The lowest BCUT2D eigenvalue weighted by Gasteiger charge is -2.18. The van der Waals surface area contributed by atoms with Crippen LogP contribution < -0.4 is 18.9 Å². The molecule has 1 N–H and O–H groups in total. The van der Waals surface area contributed by atoms with Crippen LogP contribution in [0.2, 0.25) is 0 Å². The predicted octanol–water partition coefficient (Wildman–Crippen LogP) is 2.73. The molecule has 0 aliphatic heterocycles. The molecular formula is C15H22O6. The van der Waals surface area contributed by atoms with Crippen LogP contribution in [0.25, 0.3) is 0 Å². The van der Waals surface area contributed by atoms with Crippen LogP contribution in [-0.4, -0.2) is 38.5 Å². The molecule has 1 aromatic carbocycles. The van der Waals surface area contributed by atoms with E-state index in [1.165, 1.54) is 21.3 Å². The van der Waals surface area contributed by atoms with Gasteiger partial charge in [-0.2, -0.15) is 0 Å². The average molecular weight is 298 g/mol. The molecule has 1 unspecified atom stereocenters. The summed E-state index contributed by atoms with van der Waals surface area (Å²) in [5, 5.41) is 9.20. The largest absolute Gasteiger partial charge is 0.493 e. The Morgan fingerprint density at radius 2 is 1.71 bits per heavy atom. The topological polar surface area (TPSA) is 74.2 Å². The van der Waals surface area contributed by atoms with Gasteiger partial charge in [-0.05, 0) is 12.8 Å². The van der Waals surface area contributed by atoms with Crippen molar-refractivity contribution in [2.24, 2.45) is 0 Å². The van der Waals surface area contributed by atoms with E-state index in [1.54, 1.807) is 12.1 Å². The second kappa shape index (κ2) is 8.24. The minimum Gasteiger partial charge on any atom is -0.493 e. The van der Waals surface area contributed by atoms with Crippen molar-refractivity contribution >= 4 is 5.97 Å². The Morgan fingerprint density at radius 3 is 2.10 bits per heavy atom. The molecule has 0 spiro atoms. The number of rotatable bonds is 9.